The topological polar surface area (TPSA) is 153 Å². The Labute approximate surface area is 159 Å². The Hall–Kier alpha value is -2.92. The number of hydrogen-bond donors (Lipinski definition) is 3. The summed E-state index contributed by atoms with van der Waals surface area (Å²) in [6.45, 7) is 0.789. The van der Waals surface area contributed by atoms with E-state index in [1.54, 1.807) is 4.90 Å². The molecule has 3 saturated heterocycles. The van der Waals surface area contributed by atoms with Gasteiger partial charge in [0.05, 0.1) is 29.9 Å². The minimum absolute atomic E-state index is 0.0839. The number of nitrogens with two attached hydrogens (primary N) is 1. The maximum Gasteiger partial charge on any atom is 0.404 e. The molecule has 0 radical (unpaired) electrons. The van der Waals surface area contributed by atoms with Gasteiger partial charge >= 0.3 is 6.09 Å². The Balaban J connectivity index is 1.53. The molecule has 5 unspecified atom stereocenters. The molecule has 1 aliphatic carbocycles. The van der Waals surface area contributed by atoms with Crippen molar-refractivity contribution in [3.63, 3.8) is 0 Å². The Morgan fingerprint density at radius 2 is 2.25 bits per heavy atom. The van der Waals surface area contributed by atoms with Crippen molar-refractivity contribution in [1.29, 1.82) is 0 Å². The van der Waals surface area contributed by atoms with Crippen LogP contribution in [0.1, 0.15) is 0 Å². The van der Waals surface area contributed by atoms with E-state index in [4.69, 9.17) is 15.2 Å². The molecule has 0 spiro atoms. The van der Waals surface area contributed by atoms with Crippen LogP contribution >= 0.6 is 0 Å². The Bertz CT molecular complexity index is 883. The predicted octanol–water partition coefficient (Wildman–Crippen LogP) is -2.61. The van der Waals surface area contributed by atoms with Gasteiger partial charge in [0.25, 0.3) is 0 Å². The zero-order valence-corrected chi connectivity index (χ0v) is 15.0. The number of ketones is 2. The number of fused-ring (bicyclic) bond motifs is 4. The number of primary amides is 1. The standard InChI is InChI=1S/C17H19N5O6/c1-27-17-7(5-28-16(18)26)12-13(22(17)3-8-15(17)20-8)10(24)2-9(14(12)25)21-4-11(21)19-6-23/h2,6-8,11,15,20H,3-5H2,1H3,(H2,18,26)(H,19,23). The van der Waals surface area contributed by atoms with Crippen LogP contribution in [0.5, 0.6) is 0 Å². The average molecular weight is 389 g/mol. The van der Waals surface area contributed by atoms with Crippen LogP contribution in [0.15, 0.2) is 23.0 Å². The molecule has 11 heteroatoms. The average Bonchev–Trinajstić information content (AvgIpc) is 3.54. The SMILES string of the molecule is COC12C(COC(N)=O)C3=C(C(=O)C=C(N4CC4NC=O)C3=O)N1CC1NC12. The third kappa shape index (κ3) is 2.05. The summed E-state index contributed by atoms with van der Waals surface area (Å²) >= 11 is 0. The summed E-state index contributed by atoms with van der Waals surface area (Å²) in [5.74, 6) is -1.29. The van der Waals surface area contributed by atoms with Gasteiger partial charge in [0.1, 0.15) is 12.8 Å². The molecule has 5 aliphatic rings. The van der Waals surface area contributed by atoms with E-state index in [-0.39, 0.29) is 47.7 Å². The number of rotatable bonds is 6. The van der Waals surface area contributed by atoms with E-state index >= 15 is 0 Å². The van der Waals surface area contributed by atoms with Gasteiger partial charge in [-0.25, -0.2) is 4.79 Å². The number of nitrogens with zero attached hydrogens (tertiary/aromatic N) is 2. The van der Waals surface area contributed by atoms with Crippen LogP contribution in [0.4, 0.5) is 4.79 Å². The molecular formula is C17H19N5O6. The van der Waals surface area contributed by atoms with Crippen molar-refractivity contribution < 1.29 is 28.7 Å². The Kier molecular flexibility index (Phi) is 3.41. The zero-order valence-electron chi connectivity index (χ0n) is 15.0. The zero-order chi connectivity index (χ0) is 19.8. The first-order valence-corrected chi connectivity index (χ1v) is 8.96. The van der Waals surface area contributed by atoms with E-state index in [1.165, 1.54) is 13.2 Å². The summed E-state index contributed by atoms with van der Waals surface area (Å²) in [6, 6.07) is 0.0612. The minimum atomic E-state index is -0.987. The second-order valence-corrected chi connectivity index (χ2v) is 7.44. The smallest absolute Gasteiger partial charge is 0.404 e. The van der Waals surface area contributed by atoms with Crippen molar-refractivity contribution in [3.8, 4) is 0 Å². The molecule has 0 bridgehead atoms. The second-order valence-electron chi connectivity index (χ2n) is 7.44. The van der Waals surface area contributed by atoms with Crippen LogP contribution < -0.4 is 16.4 Å². The van der Waals surface area contributed by atoms with Crippen molar-refractivity contribution >= 4 is 24.1 Å². The molecule has 28 heavy (non-hydrogen) atoms. The van der Waals surface area contributed by atoms with Crippen LogP contribution in [-0.2, 0) is 23.9 Å². The normalized spacial score (nSPS) is 37.2. The molecule has 4 aliphatic heterocycles. The number of amides is 2. The fourth-order valence-corrected chi connectivity index (χ4v) is 4.95. The van der Waals surface area contributed by atoms with Crippen molar-refractivity contribution in [2.45, 2.75) is 24.0 Å². The molecule has 148 valence electrons. The largest absolute Gasteiger partial charge is 0.449 e. The fraction of sp³-hybridized carbons (Fsp3) is 0.529. The number of Topliss-reactive ketones (excluding diaryl/α,β-unsaturated/α-hetero) is 1. The third-order valence-corrected chi connectivity index (χ3v) is 6.19. The first-order valence-electron chi connectivity index (χ1n) is 8.96. The lowest BCUT2D eigenvalue weighted by Gasteiger charge is -2.39. The highest BCUT2D eigenvalue weighted by molar-refractivity contribution is 6.23. The van der Waals surface area contributed by atoms with Gasteiger partial charge < -0.3 is 35.6 Å². The lowest BCUT2D eigenvalue weighted by atomic mass is 9.84. The summed E-state index contributed by atoms with van der Waals surface area (Å²) in [5, 5.41) is 5.87. The number of methoxy groups -OCH3 is 1. The maximum atomic E-state index is 13.3. The summed E-state index contributed by atoms with van der Waals surface area (Å²) < 4.78 is 10.9. The number of carbonyl (C=O) groups excluding carboxylic acids is 4. The summed E-state index contributed by atoms with van der Waals surface area (Å²) in [6.07, 6.45) is 0.591. The second kappa shape index (κ2) is 5.55. The monoisotopic (exact) mass is 389 g/mol. The number of hydrogen-bond acceptors (Lipinski definition) is 9. The van der Waals surface area contributed by atoms with E-state index in [0.717, 1.165) is 0 Å². The van der Waals surface area contributed by atoms with Gasteiger partial charge in [-0.1, -0.05) is 0 Å². The number of nitrogens with one attached hydrogen (secondary N) is 2. The Morgan fingerprint density at radius 3 is 2.93 bits per heavy atom. The van der Waals surface area contributed by atoms with E-state index in [9.17, 15) is 19.2 Å². The fourth-order valence-electron chi connectivity index (χ4n) is 4.95. The molecular weight excluding hydrogens is 370 g/mol. The van der Waals surface area contributed by atoms with Crippen molar-refractivity contribution in [2.24, 2.45) is 11.7 Å². The molecule has 2 amide bonds. The van der Waals surface area contributed by atoms with Crippen LogP contribution in [0.2, 0.25) is 0 Å². The van der Waals surface area contributed by atoms with Crippen molar-refractivity contribution in [1.82, 2.24) is 20.4 Å². The maximum absolute atomic E-state index is 13.3. The highest BCUT2D eigenvalue weighted by atomic mass is 16.6. The molecule has 4 heterocycles. The highest BCUT2D eigenvalue weighted by Crippen LogP contribution is 2.55. The summed E-state index contributed by atoms with van der Waals surface area (Å²) in [5.41, 5.74) is 4.95. The Morgan fingerprint density at radius 1 is 1.46 bits per heavy atom. The van der Waals surface area contributed by atoms with Gasteiger partial charge in [-0.05, 0) is 0 Å². The van der Waals surface area contributed by atoms with Crippen LogP contribution in [0.25, 0.3) is 0 Å². The molecule has 0 aromatic heterocycles. The highest BCUT2D eigenvalue weighted by Gasteiger charge is 2.72. The van der Waals surface area contributed by atoms with Gasteiger partial charge in [-0.3, -0.25) is 14.4 Å². The molecule has 5 atom stereocenters. The molecule has 0 aromatic carbocycles. The van der Waals surface area contributed by atoms with Crippen LogP contribution in [0.3, 0.4) is 0 Å². The van der Waals surface area contributed by atoms with Gasteiger partial charge in [0.2, 0.25) is 18.0 Å². The molecule has 11 nitrogen and oxygen atoms in total. The molecule has 0 saturated carbocycles. The number of allylic oxidation sites excluding steroid dienone is 2. The molecule has 3 fully saturated rings. The lowest BCUT2D eigenvalue weighted by Crippen LogP contribution is -2.55. The first kappa shape index (κ1) is 17.2. The number of carbonyl (C=O) groups is 4. The van der Waals surface area contributed by atoms with Gasteiger partial charge in [-0.2, -0.15) is 0 Å². The number of ether oxygens (including phenoxy) is 2. The van der Waals surface area contributed by atoms with Gasteiger partial charge in [0.15, 0.2) is 5.72 Å². The molecule has 5 rings (SSSR count). The quantitative estimate of drug-likeness (QED) is 0.252. The van der Waals surface area contributed by atoms with Gasteiger partial charge in [0, 0.05) is 31.3 Å². The van der Waals surface area contributed by atoms with E-state index < -0.39 is 17.7 Å². The third-order valence-electron chi connectivity index (χ3n) is 6.19. The van der Waals surface area contributed by atoms with Crippen LogP contribution in [0, 0.1) is 5.92 Å². The van der Waals surface area contributed by atoms with Crippen molar-refractivity contribution in [3.05, 3.63) is 23.0 Å². The lowest BCUT2D eigenvalue weighted by molar-refractivity contribution is -0.137. The van der Waals surface area contributed by atoms with E-state index in [0.29, 0.717) is 25.2 Å². The molecule has 0 aromatic rings. The first-order chi connectivity index (χ1) is 13.4. The summed E-state index contributed by atoms with van der Waals surface area (Å²) in [7, 11) is 1.52. The minimum Gasteiger partial charge on any atom is -0.449 e. The number of piperazine rings is 1. The summed E-state index contributed by atoms with van der Waals surface area (Å²) in [4.78, 5) is 51.7. The van der Waals surface area contributed by atoms with Gasteiger partial charge in [-0.15, -0.1) is 0 Å². The molecule has 4 N–H and O–H groups in total. The van der Waals surface area contributed by atoms with E-state index in [2.05, 4.69) is 10.6 Å². The van der Waals surface area contributed by atoms with Crippen molar-refractivity contribution in [2.75, 3.05) is 26.8 Å². The van der Waals surface area contributed by atoms with E-state index in [1.807, 2.05) is 4.90 Å². The predicted molar refractivity (Wildman–Crippen MR) is 91.0 cm³/mol. The van der Waals surface area contributed by atoms with Crippen LogP contribution in [-0.4, -0.2) is 84.7 Å².